The number of nitrogens with one attached hydrogen (secondary N) is 1. The Balaban J connectivity index is 1.63. The number of hydrogen-bond donors (Lipinski definition) is 1. The molecular weight excluding hydrogens is 319 g/mol. The summed E-state index contributed by atoms with van der Waals surface area (Å²) < 4.78 is 15.0. The minimum Gasteiger partial charge on any atom is -0.334 e. The van der Waals surface area contributed by atoms with E-state index in [1.807, 2.05) is 17.9 Å². The number of carbonyl (C=O) groups excluding carboxylic acids is 1. The monoisotopic (exact) mass is 336 g/mol. The van der Waals surface area contributed by atoms with E-state index in [2.05, 4.69) is 10.4 Å². The number of rotatable bonds is 2. The molecule has 122 valence electrons. The minimum absolute atomic E-state index is 0.0616. The standard InChI is InChI=1S/C16H18ClFN4O/c1-21-15-3-2-6-22(10-12(15)9-20-21)16(23)19-8-11-4-5-14(18)13(17)7-11/h4-5,7,9H,2-3,6,8,10H2,1H3,(H,19,23). The van der Waals surface area contributed by atoms with Crippen LogP contribution in [0.3, 0.4) is 0 Å². The third kappa shape index (κ3) is 3.47. The summed E-state index contributed by atoms with van der Waals surface area (Å²) in [6, 6.07) is 4.31. The summed E-state index contributed by atoms with van der Waals surface area (Å²) in [4.78, 5) is 14.1. The molecular formula is C16H18ClFN4O. The summed E-state index contributed by atoms with van der Waals surface area (Å²) in [7, 11) is 1.92. The van der Waals surface area contributed by atoms with Crippen molar-refractivity contribution in [3.63, 3.8) is 0 Å². The summed E-state index contributed by atoms with van der Waals surface area (Å²) in [6.07, 6.45) is 3.65. The lowest BCUT2D eigenvalue weighted by Crippen LogP contribution is -2.39. The van der Waals surface area contributed by atoms with Crippen molar-refractivity contribution in [3.8, 4) is 0 Å². The number of nitrogens with zero attached hydrogens (tertiary/aromatic N) is 3. The second kappa shape index (κ2) is 6.58. The molecule has 2 amide bonds. The van der Waals surface area contributed by atoms with Gasteiger partial charge in [-0.05, 0) is 30.5 Å². The van der Waals surface area contributed by atoms with Crippen molar-refractivity contribution in [2.75, 3.05) is 6.54 Å². The Bertz CT molecular complexity index is 731. The highest BCUT2D eigenvalue weighted by Gasteiger charge is 2.21. The molecule has 0 saturated heterocycles. The Morgan fingerprint density at radius 3 is 3.09 bits per heavy atom. The van der Waals surface area contributed by atoms with Gasteiger partial charge in [-0.15, -0.1) is 0 Å². The third-order valence-corrected chi connectivity index (χ3v) is 4.36. The lowest BCUT2D eigenvalue weighted by Gasteiger charge is -2.21. The molecule has 2 heterocycles. The number of aryl methyl sites for hydroxylation is 1. The number of urea groups is 1. The van der Waals surface area contributed by atoms with Crippen LogP contribution in [0.15, 0.2) is 24.4 Å². The lowest BCUT2D eigenvalue weighted by atomic mass is 10.2. The van der Waals surface area contributed by atoms with E-state index < -0.39 is 5.82 Å². The number of fused-ring (bicyclic) bond motifs is 1. The molecule has 1 N–H and O–H groups in total. The van der Waals surface area contributed by atoms with Crippen LogP contribution in [0.2, 0.25) is 5.02 Å². The van der Waals surface area contributed by atoms with Crippen LogP contribution in [0, 0.1) is 5.82 Å². The molecule has 2 aromatic rings. The Morgan fingerprint density at radius 1 is 1.48 bits per heavy atom. The summed E-state index contributed by atoms with van der Waals surface area (Å²) in [5.74, 6) is -0.460. The largest absolute Gasteiger partial charge is 0.334 e. The Hall–Kier alpha value is -2.08. The highest BCUT2D eigenvalue weighted by atomic mass is 35.5. The van der Waals surface area contributed by atoms with Gasteiger partial charge in [0.25, 0.3) is 0 Å². The van der Waals surface area contributed by atoms with Crippen LogP contribution in [-0.4, -0.2) is 27.3 Å². The van der Waals surface area contributed by atoms with E-state index in [1.54, 1.807) is 11.0 Å². The summed E-state index contributed by atoms with van der Waals surface area (Å²) in [6.45, 7) is 1.57. The average Bonchev–Trinajstić information content (AvgIpc) is 2.75. The van der Waals surface area contributed by atoms with Gasteiger partial charge in [-0.2, -0.15) is 5.10 Å². The van der Waals surface area contributed by atoms with E-state index in [-0.39, 0.29) is 11.1 Å². The molecule has 0 fully saturated rings. The van der Waals surface area contributed by atoms with Gasteiger partial charge >= 0.3 is 6.03 Å². The first-order valence-corrected chi connectivity index (χ1v) is 7.89. The third-order valence-electron chi connectivity index (χ3n) is 4.07. The predicted octanol–water partition coefficient (Wildman–Crippen LogP) is 2.87. The molecule has 0 bridgehead atoms. The first kappa shape index (κ1) is 15.8. The van der Waals surface area contributed by atoms with Gasteiger partial charge in [0.15, 0.2) is 0 Å². The van der Waals surface area contributed by atoms with Gasteiger partial charge in [0, 0.05) is 31.4 Å². The van der Waals surface area contributed by atoms with Gasteiger partial charge in [-0.1, -0.05) is 17.7 Å². The topological polar surface area (TPSA) is 50.2 Å². The second-order valence-corrected chi connectivity index (χ2v) is 6.08. The van der Waals surface area contributed by atoms with Crippen molar-refractivity contribution in [2.24, 2.45) is 7.05 Å². The van der Waals surface area contributed by atoms with Crippen molar-refractivity contribution < 1.29 is 9.18 Å². The quantitative estimate of drug-likeness (QED) is 0.916. The van der Waals surface area contributed by atoms with Crippen molar-refractivity contribution in [2.45, 2.75) is 25.9 Å². The van der Waals surface area contributed by atoms with E-state index >= 15 is 0 Å². The maximum absolute atomic E-state index is 13.1. The van der Waals surface area contributed by atoms with Crippen LogP contribution in [0.1, 0.15) is 23.2 Å². The molecule has 23 heavy (non-hydrogen) atoms. The smallest absolute Gasteiger partial charge is 0.317 e. The maximum atomic E-state index is 13.1. The minimum atomic E-state index is -0.460. The van der Waals surface area contributed by atoms with Gasteiger partial charge in [-0.25, -0.2) is 9.18 Å². The number of hydrogen-bond acceptors (Lipinski definition) is 2. The fourth-order valence-corrected chi connectivity index (χ4v) is 3.00. The molecule has 0 atom stereocenters. The number of benzene rings is 1. The molecule has 0 radical (unpaired) electrons. The van der Waals surface area contributed by atoms with E-state index in [9.17, 15) is 9.18 Å². The van der Waals surface area contributed by atoms with E-state index in [1.165, 1.54) is 17.8 Å². The van der Waals surface area contributed by atoms with E-state index in [4.69, 9.17) is 11.6 Å². The molecule has 1 aliphatic heterocycles. The average molecular weight is 337 g/mol. The van der Waals surface area contributed by atoms with Crippen molar-refractivity contribution in [3.05, 3.63) is 52.1 Å². The summed E-state index contributed by atoms with van der Waals surface area (Å²) >= 11 is 5.75. The highest BCUT2D eigenvalue weighted by Crippen LogP contribution is 2.18. The van der Waals surface area contributed by atoms with Crippen molar-refractivity contribution in [1.29, 1.82) is 0 Å². The molecule has 1 aromatic heterocycles. The van der Waals surface area contributed by atoms with E-state index in [0.29, 0.717) is 19.6 Å². The van der Waals surface area contributed by atoms with E-state index in [0.717, 1.165) is 24.0 Å². The Morgan fingerprint density at radius 2 is 2.30 bits per heavy atom. The van der Waals surface area contributed by atoms with Crippen LogP contribution < -0.4 is 5.32 Å². The first-order chi connectivity index (χ1) is 11.0. The van der Waals surface area contributed by atoms with Crippen LogP contribution in [0.4, 0.5) is 9.18 Å². The molecule has 1 aliphatic rings. The fraction of sp³-hybridized carbons (Fsp3) is 0.375. The number of halogens is 2. The van der Waals surface area contributed by atoms with Crippen LogP contribution >= 0.6 is 11.6 Å². The molecule has 1 aromatic carbocycles. The molecule has 0 saturated carbocycles. The maximum Gasteiger partial charge on any atom is 0.317 e. The molecule has 0 spiro atoms. The molecule has 3 rings (SSSR count). The van der Waals surface area contributed by atoms with Crippen molar-refractivity contribution in [1.82, 2.24) is 20.0 Å². The zero-order valence-corrected chi connectivity index (χ0v) is 13.6. The van der Waals surface area contributed by atoms with Gasteiger partial charge in [0.1, 0.15) is 5.82 Å². The number of aromatic nitrogens is 2. The Kier molecular flexibility index (Phi) is 4.52. The van der Waals surface area contributed by atoms with Crippen LogP contribution in [0.5, 0.6) is 0 Å². The zero-order chi connectivity index (χ0) is 16.4. The molecule has 0 unspecified atom stereocenters. The lowest BCUT2D eigenvalue weighted by molar-refractivity contribution is 0.195. The summed E-state index contributed by atoms with van der Waals surface area (Å²) in [5.41, 5.74) is 3.04. The van der Waals surface area contributed by atoms with Crippen molar-refractivity contribution >= 4 is 17.6 Å². The van der Waals surface area contributed by atoms with Crippen LogP contribution in [-0.2, 0) is 26.6 Å². The van der Waals surface area contributed by atoms with Gasteiger partial charge in [-0.3, -0.25) is 4.68 Å². The zero-order valence-electron chi connectivity index (χ0n) is 12.9. The fourth-order valence-electron chi connectivity index (χ4n) is 2.80. The second-order valence-electron chi connectivity index (χ2n) is 5.67. The van der Waals surface area contributed by atoms with Gasteiger partial charge < -0.3 is 10.2 Å². The molecule has 0 aliphatic carbocycles. The SMILES string of the molecule is Cn1ncc2c1CCCN(C(=O)NCc1ccc(F)c(Cl)c1)C2. The molecule has 7 heteroatoms. The van der Waals surface area contributed by atoms with Crippen LogP contribution in [0.25, 0.3) is 0 Å². The van der Waals surface area contributed by atoms with Gasteiger partial charge in [0.2, 0.25) is 0 Å². The van der Waals surface area contributed by atoms with Gasteiger partial charge in [0.05, 0.1) is 17.8 Å². The molecule has 5 nitrogen and oxygen atoms in total. The number of amides is 2. The number of carbonyl (C=O) groups is 1. The first-order valence-electron chi connectivity index (χ1n) is 7.51. The Labute approximate surface area is 139 Å². The highest BCUT2D eigenvalue weighted by molar-refractivity contribution is 6.30. The normalized spacial score (nSPS) is 14.3. The predicted molar refractivity (Wildman–Crippen MR) is 85.6 cm³/mol. The summed E-state index contributed by atoms with van der Waals surface area (Å²) in [5, 5.41) is 7.17.